The molecule has 0 atom stereocenters. The van der Waals surface area contributed by atoms with Crippen molar-refractivity contribution in [3.05, 3.63) is 40.6 Å². The van der Waals surface area contributed by atoms with Crippen molar-refractivity contribution in [3.8, 4) is 11.3 Å². The first kappa shape index (κ1) is 12.0. The summed E-state index contributed by atoms with van der Waals surface area (Å²) in [5.74, 6) is -1.15. The number of rotatable bonds is 2. The lowest BCUT2D eigenvalue weighted by Crippen LogP contribution is -2.02. The van der Waals surface area contributed by atoms with Crippen molar-refractivity contribution < 1.29 is 14.4 Å². The van der Waals surface area contributed by atoms with Gasteiger partial charge in [0, 0.05) is 11.1 Å². The predicted octanol–water partition coefficient (Wildman–Crippen LogP) is 3.23. The van der Waals surface area contributed by atoms with E-state index >= 15 is 0 Å². The number of carboxylic acid groups (broad SMARTS) is 1. The number of aryl methyl sites for hydroxylation is 2. The van der Waals surface area contributed by atoms with Crippen LogP contribution in [-0.4, -0.2) is 16.2 Å². The molecule has 2 aromatic rings. The fraction of sp³-hybridized carbons (Fsp3) is 0.333. The van der Waals surface area contributed by atoms with Gasteiger partial charge in [-0.2, -0.15) is 0 Å². The van der Waals surface area contributed by atoms with E-state index in [0.717, 1.165) is 18.4 Å². The van der Waals surface area contributed by atoms with Crippen molar-refractivity contribution >= 4 is 5.97 Å². The van der Waals surface area contributed by atoms with Crippen LogP contribution in [0.4, 0.5) is 0 Å². The molecule has 0 spiro atoms. The molecule has 0 fully saturated rings. The normalized spacial score (nSPS) is 14.2. The predicted molar refractivity (Wildman–Crippen MR) is 70.3 cm³/mol. The minimum absolute atomic E-state index is 0.0762. The van der Waals surface area contributed by atoms with Crippen molar-refractivity contribution in [2.75, 3.05) is 0 Å². The van der Waals surface area contributed by atoms with Crippen molar-refractivity contribution in [1.82, 2.24) is 5.16 Å². The lowest BCUT2D eigenvalue weighted by molar-refractivity contribution is 0.0651. The average Bonchev–Trinajstić information content (AvgIpc) is 2.80. The Morgan fingerprint density at radius 2 is 2.00 bits per heavy atom. The summed E-state index contributed by atoms with van der Waals surface area (Å²) in [4.78, 5) is 11.0. The Morgan fingerprint density at radius 3 is 2.68 bits per heavy atom. The van der Waals surface area contributed by atoms with Crippen LogP contribution in [0.5, 0.6) is 0 Å². The summed E-state index contributed by atoms with van der Waals surface area (Å²) in [6.45, 7) is 1.73. The summed E-state index contributed by atoms with van der Waals surface area (Å²) in [6, 6.07) is 6.24. The van der Waals surface area contributed by atoms with E-state index in [2.05, 4.69) is 17.3 Å². The van der Waals surface area contributed by atoms with Crippen LogP contribution < -0.4 is 0 Å². The van der Waals surface area contributed by atoms with E-state index in [-0.39, 0.29) is 5.76 Å². The van der Waals surface area contributed by atoms with Gasteiger partial charge in [0.1, 0.15) is 5.69 Å². The van der Waals surface area contributed by atoms with Crippen LogP contribution in [0.15, 0.2) is 22.7 Å². The fourth-order valence-corrected chi connectivity index (χ4v) is 2.69. The highest BCUT2D eigenvalue weighted by Gasteiger charge is 2.20. The number of aromatic carboxylic acids is 1. The molecule has 0 unspecified atom stereocenters. The monoisotopic (exact) mass is 257 g/mol. The molecule has 1 aromatic carbocycles. The van der Waals surface area contributed by atoms with Crippen LogP contribution in [0.1, 0.15) is 40.1 Å². The van der Waals surface area contributed by atoms with E-state index in [1.54, 1.807) is 6.92 Å². The number of hydrogen-bond donors (Lipinski definition) is 1. The fourth-order valence-electron chi connectivity index (χ4n) is 2.69. The van der Waals surface area contributed by atoms with Crippen LogP contribution in [0, 0.1) is 6.92 Å². The summed E-state index contributed by atoms with van der Waals surface area (Å²) < 4.78 is 4.91. The van der Waals surface area contributed by atoms with Gasteiger partial charge < -0.3 is 9.63 Å². The van der Waals surface area contributed by atoms with Gasteiger partial charge in [-0.25, -0.2) is 4.79 Å². The highest BCUT2D eigenvalue weighted by molar-refractivity contribution is 5.88. The quantitative estimate of drug-likeness (QED) is 0.897. The standard InChI is InChI=1S/C15H15NO3/c1-9-13(16-19-14(9)15(17)18)12-7-6-10-4-2-3-5-11(10)8-12/h6-8H,2-5H2,1H3,(H,17,18). The Balaban J connectivity index is 2.05. The van der Waals surface area contributed by atoms with E-state index in [4.69, 9.17) is 9.63 Å². The first-order valence-electron chi connectivity index (χ1n) is 6.48. The van der Waals surface area contributed by atoms with Gasteiger partial charge in [-0.3, -0.25) is 0 Å². The molecule has 1 N–H and O–H groups in total. The molecule has 0 amide bonds. The van der Waals surface area contributed by atoms with Gasteiger partial charge >= 0.3 is 5.97 Å². The molecule has 0 aliphatic heterocycles. The second kappa shape index (κ2) is 4.53. The summed E-state index contributed by atoms with van der Waals surface area (Å²) >= 11 is 0. The van der Waals surface area contributed by atoms with E-state index < -0.39 is 5.97 Å². The third kappa shape index (κ3) is 2.03. The molecule has 0 saturated carbocycles. The minimum Gasteiger partial charge on any atom is -0.475 e. The zero-order valence-electron chi connectivity index (χ0n) is 10.8. The van der Waals surface area contributed by atoms with Gasteiger partial charge in [0.15, 0.2) is 0 Å². The summed E-state index contributed by atoms with van der Waals surface area (Å²) in [5.41, 5.74) is 4.90. The number of hydrogen-bond acceptors (Lipinski definition) is 3. The molecule has 4 heteroatoms. The van der Waals surface area contributed by atoms with Crippen molar-refractivity contribution in [3.63, 3.8) is 0 Å². The second-order valence-corrected chi connectivity index (χ2v) is 4.98. The van der Waals surface area contributed by atoms with Crippen molar-refractivity contribution in [2.45, 2.75) is 32.6 Å². The van der Waals surface area contributed by atoms with Gasteiger partial charge in [0.2, 0.25) is 5.76 Å². The third-order valence-electron chi connectivity index (χ3n) is 3.74. The molecular weight excluding hydrogens is 242 g/mol. The molecule has 0 radical (unpaired) electrons. The first-order valence-corrected chi connectivity index (χ1v) is 6.48. The number of aromatic nitrogens is 1. The van der Waals surface area contributed by atoms with Crippen molar-refractivity contribution in [1.29, 1.82) is 0 Å². The van der Waals surface area contributed by atoms with Crippen molar-refractivity contribution in [2.24, 2.45) is 0 Å². The molecule has 19 heavy (non-hydrogen) atoms. The summed E-state index contributed by atoms with van der Waals surface area (Å²) in [5, 5.41) is 12.9. The second-order valence-electron chi connectivity index (χ2n) is 4.98. The van der Waals surface area contributed by atoms with Gasteiger partial charge in [-0.1, -0.05) is 17.3 Å². The number of fused-ring (bicyclic) bond motifs is 1. The zero-order chi connectivity index (χ0) is 13.4. The molecule has 1 aromatic heterocycles. The lowest BCUT2D eigenvalue weighted by Gasteiger charge is -2.16. The number of nitrogens with zero attached hydrogens (tertiary/aromatic N) is 1. The number of carboxylic acids is 1. The van der Waals surface area contributed by atoms with E-state index in [1.807, 2.05) is 6.07 Å². The Hall–Kier alpha value is -2.10. The Morgan fingerprint density at radius 1 is 1.26 bits per heavy atom. The highest BCUT2D eigenvalue weighted by Crippen LogP contribution is 2.29. The Labute approximate surface area is 111 Å². The van der Waals surface area contributed by atoms with Gasteiger partial charge in [0.25, 0.3) is 0 Å². The first-order chi connectivity index (χ1) is 9.16. The smallest absolute Gasteiger partial charge is 0.375 e. The van der Waals surface area contributed by atoms with Crippen LogP contribution in [0.2, 0.25) is 0 Å². The maximum Gasteiger partial charge on any atom is 0.375 e. The van der Waals surface area contributed by atoms with Gasteiger partial charge in [-0.05, 0) is 49.8 Å². The molecule has 0 bridgehead atoms. The van der Waals surface area contributed by atoms with Gasteiger partial charge in [0.05, 0.1) is 0 Å². The van der Waals surface area contributed by atoms with E-state index in [1.165, 1.54) is 24.0 Å². The van der Waals surface area contributed by atoms with Crippen LogP contribution in [0.25, 0.3) is 11.3 Å². The third-order valence-corrected chi connectivity index (χ3v) is 3.74. The maximum atomic E-state index is 11.0. The zero-order valence-corrected chi connectivity index (χ0v) is 10.8. The average molecular weight is 257 g/mol. The minimum atomic E-state index is -1.07. The Kier molecular flexibility index (Phi) is 2.85. The van der Waals surface area contributed by atoms with Crippen LogP contribution in [-0.2, 0) is 12.8 Å². The molecule has 98 valence electrons. The lowest BCUT2D eigenvalue weighted by atomic mass is 9.89. The van der Waals surface area contributed by atoms with Crippen LogP contribution >= 0.6 is 0 Å². The summed E-state index contributed by atoms with van der Waals surface area (Å²) in [7, 11) is 0. The molecule has 1 heterocycles. The highest BCUT2D eigenvalue weighted by atomic mass is 16.5. The largest absolute Gasteiger partial charge is 0.475 e. The van der Waals surface area contributed by atoms with E-state index in [9.17, 15) is 4.79 Å². The molecule has 3 rings (SSSR count). The van der Waals surface area contributed by atoms with Crippen LogP contribution in [0.3, 0.4) is 0 Å². The SMILES string of the molecule is Cc1c(-c2ccc3c(c2)CCCC3)noc1C(=O)O. The van der Waals surface area contributed by atoms with E-state index in [0.29, 0.717) is 11.3 Å². The summed E-state index contributed by atoms with van der Waals surface area (Å²) in [6.07, 6.45) is 4.69. The molecule has 4 nitrogen and oxygen atoms in total. The van der Waals surface area contributed by atoms with Gasteiger partial charge in [-0.15, -0.1) is 0 Å². The molecule has 1 aliphatic carbocycles. The number of carbonyl (C=O) groups is 1. The maximum absolute atomic E-state index is 11.0. The molecule has 1 aliphatic rings. The Bertz CT molecular complexity index is 643. The topological polar surface area (TPSA) is 63.3 Å². The molecule has 0 saturated heterocycles. The number of benzene rings is 1. The molecular formula is C15H15NO3.